The van der Waals surface area contributed by atoms with Gasteiger partial charge in [0.15, 0.2) is 0 Å². The minimum atomic E-state index is -0.671. The van der Waals surface area contributed by atoms with E-state index in [-0.39, 0.29) is 15.8 Å². The van der Waals surface area contributed by atoms with E-state index in [1.54, 1.807) is 0 Å². The maximum Gasteiger partial charge on any atom is 0.303 e. The predicted octanol–water partition coefficient (Wildman–Crippen LogP) is 5.84. The summed E-state index contributed by atoms with van der Waals surface area (Å²) in [5.74, 6) is -0.467. The molecular weight excluding hydrogens is 357 g/mol. The van der Waals surface area contributed by atoms with Crippen molar-refractivity contribution in [2.45, 2.75) is 96.8 Å². The summed E-state index contributed by atoms with van der Waals surface area (Å²) in [4.78, 5) is 20.5. The van der Waals surface area contributed by atoms with Gasteiger partial charge < -0.3 is 10.4 Å². The number of hydrogen-bond acceptors (Lipinski definition) is 2. The summed E-state index contributed by atoms with van der Waals surface area (Å²) in [6.45, 7) is 3.12. The first kappa shape index (κ1) is 28.1. The Labute approximate surface area is 169 Å². The van der Waals surface area contributed by atoms with Crippen molar-refractivity contribution >= 4 is 21.8 Å². The quantitative estimate of drug-likeness (QED) is 0.219. The number of rotatable bonds is 14. The molecule has 1 atom stereocenters. The van der Waals surface area contributed by atoms with E-state index >= 15 is 0 Å². The van der Waals surface area contributed by atoms with Crippen LogP contribution < -0.4 is 5.32 Å². The minimum absolute atomic E-state index is 0. The van der Waals surface area contributed by atoms with E-state index in [0.717, 1.165) is 45.1 Å². The molecule has 0 aromatic rings. The van der Waals surface area contributed by atoms with Crippen molar-refractivity contribution in [3.63, 3.8) is 0 Å². The molecule has 1 aliphatic rings. The topological polar surface area (TPSA) is 66.4 Å². The molecule has 0 aromatic heterocycles. The monoisotopic (exact) mass is 399 g/mol. The average molecular weight is 400 g/mol. The molecule has 0 spiro atoms. The molecule has 1 saturated heterocycles. The van der Waals surface area contributed by atoms with Crippen molar-refractivity contribution < 1.29 is 14.7 Å². The molecule has 0 radical (unpaired) electrons. The zero-order valence-electron chi connectivity index (χ0n) is 17.4. The molecule has 1 amide bonds. The standard InChI is InChI=1S/C18H32O2.C4H7NO.H3P/c1-2-3-4-5-6-7-8-9-10-11-12-13-14-15-16-17-18(19)20;6-4-2-1-3-5-4;/h6-7,9-10H,2-5,8,11-17H2,1H3,(H,19,20);1-3H2,(H,5,6);1H3/b7-6-,10-9-;;. The Morgan fingerprint density at radius 2 is 1.56 bits per heavy atom. The fourth-order valence-electron chi connectivity index (χ4n) is 2.65. The molecule has 4 nitrogen and oxygen atoms in total. The van der Waals surface area contributed by atoms with E-state index in [2.05, 4.69) is 36.5 Å². The molecular formula is C22H42NO3P. The molecule has 0 bridgehead atoms. The van der Waals surface area contributed by atoms with Gasteiger partial charge in [-0.1, -0.05) is 63.3 Å². The Hall–Kier alpha value is -1.15. The van der Waals surface area contributed by atoms with Gasteiger partial charge in [0.25, 0.3) is 0 Å². The summed E-state index contributed by atoms with van der Waals surface area (Å²) in [6.07, 6.45) is 24.0. The first-order valence-electron chi connectivity index (χ1n) is 10.4. The van der Waals surface area contributed by atoms with Gasteiger partial charge in [-0.3, -0.25) is 9.59 Å². The van der Waals surface area contributed by atoms with Crippen LogP contribution in [0.25, 0.3) is 0 Å². The van der Waals surface area contributed by atoms with Crippen LogP contribution in [0.4, 0.5) is 0 Å². The van der Waals surface area contributed by atoms with Gasteiger partial charge in [-0.15, -0.1) is 0 Å². The van der Waals surface area contributed by atoms with Crippen LogP contribution in [0.5, 0.6) is 0 Å². The van der Waals surface area contributed by atoms with E-state index in [4.69, 9.17) is 5.11 Å². The Kier molecular flexibility index (Phi) is 23.8. The zero-order chi connectivity index (χ0) is 19.3. The molecule has 1 unspecified atom stereocenters. The fraction of sp³-hybridized carbons (Fsp3) is 0.727. The lowest BCUT2D eigenvalue weighted by atomic mass is 10.1. The highest BCUT2D eigenvalue weighted by atomic mass is 31.0. The van der Waals surface area contributed by atoms with Gasteiger partial charge in [-0.2, -0.15) is 9.90 Å². The Balaban J connectivity index is 0. The number of carboxylic acid groups (broad SMARTS) is 1. The number of aliphatic carboxylic acids is 1. The molecule has 1 rings (SSSR count). The van der Waals surface area contributed by atoms with Gasteiger partial charge in [0.2, 0.25) is 5.91 Å². The van der Waals surface area contributed by atoms with Crippen LogP contribution in [0.15, 0.2) is 24.3 Å². The Morgan fingerprint density at radius 3 is 2.04 bits per heavy atom. The summed E-state index contributed by atoms with van der Waals surface area (Å²) >= 11 is 0. The van der Waals surface area contributed by atoms with Gasteiger partial charge in [-0.05, 0) is 44.9 Å². The third kappa shape index (κ3) is 24.9. The largest absolute Gasteiger partial charge is 0.481 e. The van der Waals surface area contributed by atoms with Crippen LogP contribution in [0.1, 0.15) is 96.8 Å². The SMILES string of the molecule is CCCCC/C=C\C/C=C\CCCCCCCC(=O)O.O=C1CCCN1.P. The van der Waals surface area contributed by atoms with E-state index in [0.29, 0.717) is 6.42 Å². The lowest BCUT2D eigenvalue weighted by Gasteiger charge is -1.98. The fourth-order valence-corrected chi connectivity index (χ4v) is 2.65. The second-order valence-electron chi connectivity index (χ2n) is 6.83. The third-order valence-corrected chi connectivity index (χ3v) is 4.24. The van der Waals surface area contributed by atoms with Gasteiger partial charge in [0, 0.05) is 19.4 Å². The second-order valence-corrected chi connectivity index (χ2v) is 6.83. The molecule has 2 N–H and O–H groups in total. The molecule has 158 valence electrons. The van der Waals surface area contributed by atoms with Gasteiger partial charge in [-0.25, -0.2) is 0 Å². The Morgan fingerprint density at radius 1 is 0.963 bits per heavy atom. The van der Waals surface area contributed by atoms with Crippen LogP contribution in [0.3, 0.4) is 0 Å². The van der Waals surface area contributed by atoms with Gasteiger partial charge >= 0.3 is 5.97 Å². The van der Waals surface area contributed by atoms with Crippen molar-refractivity contribution in [1.29, 1.82) is 0 Å². The number of nitrogens with one attached hydrogen (secondary N) is 1. The summed E-state index contributed by atoms with van der Waals surface area (Å²) < 4.78 is 0. The van der Waals surface area contributed by atoms with Crippen LogP contribution in [0.2, 0.25) is 0 Å². The Bertz CT molecular complexity index is 400. The highest BCUT2D eigenvalue weighted by molar-refractivity contribution is 6.92. The van der Waals surface area contributed by atoms with Crippen molar-refractivity contribution in [1.82, 2.24) is 5.32 Å². The molecule has 1 fully saturated rings. The van der Waals surface area contributed by atoms with Crippen LogP contribution in [-0.4, -0.2) is 23.5 Å². The summed E-state index contributed by atoms with van der Waals surface area (Å²) in [5, 5.41) is 11.2. The van der Waals surface area contributed by atoms with Crippen LogP contribution >= 0.6 is 9.90 Å². The number of allylic oxidation sites excluding steroid dienone is 4. The number of carbonyl (C=O) groups excluding carboxylic acids is 1. The normalized spacial score (nSPS) is 13.3. The van der Waals surface area contributed by atoms with E-state index in [9.17, 15) is 9.59 Å². The third-order valence-electron chi connectivity index (χ3n) is 4.24. The van der Waals surface area contributed by atoms with Crippen molar-refractivity contribution in [2.75, 3.05) is 6.54 Å². The highest BCUT2D eigenvalue weighted by Gasteiger charge is 2.05. The van der Waals surface area contributed by atoms with E-state index < -0.39 is 5.97 Å². The lowest BCUT2D eigenvalue weighted by Crippen LogP contribution is -2.12. The number of carbonyl (C=O) groups is 2. The number of amides is 1. The molecule has 0 aliphatic carbocycles. The number of unbranched alkanes of at least 4 members (excludes halogenated alkanes) is 8. The molecule has 0 aromatic carbocycles. The molecule has 5 heteroatoms. The minimum Gasteiger partial charge on any atom is -0.481 e. The smallest absolute Gasteiger partial charge is 0.303 e. The molecule has 0 saturated carbocycles. The van der Waals surface area contributed by atoms with Crippen LogP contribution in [0, 0.1) is 0 Å². The van der Waals surface area contributed by atoms with E-state index in [1.807, 2.05) is 0 Å². The first-order valence-corrected chi connectivity index (χ1v) is 10.4. The zero-order valence-corrected chi connectivity index (χ0v) is 18.8. The molecule has 1 aliphatic heterocycles. The maximum atomic E-state index is 10.3. The van der Waals surface area contributed by atoms with Crippen molar-refractivity contribution in [3.05, 3.63) is 24.3 Å². The van der Waals surface area contributed by atoms with E-state index in [1.165, 1.54) is 44.9 Å². The summed E-state index contributed by atoms with van der Waals surface area (Å²) in [6, 6.07) is 0. The summed E-state index contributed by atoms with van der Waals surface area (Å²) in [5.41, 5.74) is 0. The number of carboxylic acids is 1. The summed E-state index contributed by atoms with van der Waals surface area (Å²) in [7, 11) is 0. The van der Waals surface area contributed by atoms with Crippen molar-refractivity contribution in [3.8, 4) is 0 Å². The predicted molar refractivity (Wildman–Crippen MR) is 120 cm³/mol. The first-order chi connectivity index (χ1) is 12.7. The molecule has 27 heavy (non-hydrogen) atoms. The lowest BCUT2D eigenvalue weighted by molar-refractivity contribution is -0.137. The number of hydrogen-bond donors (Lipinski definition) is 2. The maximum absolute atomic E-state index is 10.3. The molecule has 1 heterocycles. The average Bonchev–Trinajstić information content (AvgIpc) is 3.09. The second kappa shape index (κ2) is 22.9. The van der Waals surface area contributed by atoms with Crippen LogP contribution in [-0.2, 0) is 9.59 Å². The van der Waals surface area contributed by atoms with Gasteiger partial charge in [0.1, 0.15) is 0 Å². The van der Waals surface area contributed by atoms with Crippen molar-refractivity contribution in [2.24, 2.45) is 0 Å². The highest BCUT2D eigenvalue weighted by Crippen LogP contribution is 2.08. The van der Waals surface area contributed by atoms with Gasteiger partial charge in [0.05, 0.1) is 0 Å².